The molecule has 0 atom stereocenters. The average Bonchev–Trinajstić information content (AvgIpc) is 3.15. The molecule has 2 aromatic carbocycles. The standard InChI is InChI=1S/C25H26N4O3/c1-18-8-6-11-20(14-18)27-22(30)16-29-15-21(19-9-4-3-5-10-19)23-24(29)25(31)28(17-26-23)12-7-13-32-2/h3-6,8-11,14-15,17H,7,12-13,16H2,1-2H3,(H,27,30). The van der Waals surface area contributed by atoms with Crippen molar-refractivity contribution in [1.29, 1.82) is 0 Å². The summed E-state index contributed by atoms with van der Waals surface area (Å²) in [5.74, 6) is -0.207. The molecule has 0 bridgehead atoms. The lowest BCUT2D eigenvalue weighted by molar-refractivity contribution is -0.116. The van der Waals surface area contributed by atoms with E-state index in [1.54, 1.807) is 22.6 Å². The van der Waals surface area contributed by atoms with Crippen LogP contribution in [0.1, 0.15) is 12.0 Å². The number of carbonyl (C=O) groups is 1. The van der Waals surface area contributed by atoms with Gasteiger partial charge in [-0.1, -0.05) is 42.5 Å². The number of carbonyl (C=O) groups excluding carboxylic acids is 1. The van der Waals surface area contributed by atoms with Gasteiger partial charge in [-0.15, -0.1) is 0 Å². The van der Waals surface area contributed by atoms with Gasteiger partial charge in [0.05, 0.1) is 6.33 Å². The summed E-state index contributed by atoms with van der Waals surface area (Å²) in [6, 6.07) is 17.4. The number of aryl methyl sites for hydroxylation is 2. The second kappa shape index (κ2) is 9.62. The number of amides is 1. The quantitative estimate of drug-likeness (QED) is 0.431. The Hall–Kier alpha value is -3.71. The number of nitrogens with one attached hydrogen (secondary N) is 1. The molecule has 7 heteroatoms. The Bertz CT molecular complexity index is 1290. The minimum absolute atomic E-state index is 0.0102. The fourth-order valence-electron chi connectivity index (χ4n) is 3.79. The Morgan fingerprint density at radius 1 is 1.09 bits per heavy atom. The van der Waals surface area contributed by atoms with Crippen molar-refractivity contribution < 1.29 is 9.53 Å². The topological polar surface area (TPSA) is 78.2 Å². The summed E-state index contributed by atoms with van der Waals surface area (Å²) in [4.78, 5) is 30.7. The molecule has 0 unspecified atom stereocenters. The van der Waals surface area contributed by atoms with Crippen molar-refractivity contribution in [3.8, 4) is 11.1 Å². The summed E-state index contributed by atoms with van der Waals surface area (Å²) in [6.45, 7) is 3.03. The Morgan fingerprint density at radius 3 is 2.66 bits per heavy atom. The van der Waals surface area contributed by atoms with Crippen LogP contribution in [0.5, 0.6) is 0 Å². The monoisotopic (exact) mass is 430 g/mol. The van der Waals surface area contributed by atoms with E-state index in [-0.39, 0.29) is 18.0 Å². The zero-order valence-corrected chi connectivity index (χ0v) is 18.2. The molecule has 0 aliphatic rings. The van der Waals surface area contributed by atoms with Crippen molar-refractivity contribution in [3.05, 3.63) is 83.0 Å². The van der Waals surface area contributed by atoms with Gasteiger partial charge in [-0.25, -0.2) is 4.98 Å². The first-order chi connectivity index (χ1) is 15.6. The van der Waals surface area contributed by atoms with Crippen molar-refractivity contribution in [3.63, 3.8) is 0 Å². The number of fused-ring (bicyclic) bond motifs is 1. The highest BCUT2D eigenvalue weighted by molar-refractivity contribution is 5.95. The maximum absolute atomic E-state index is 13.3. The minimum atomic E-state index is -0.207. The maximum atomic E-state index is 13.3. The van der Waals surface area contributed by atoms with Crippen LogP contribution in [0.25, 0.3) is 22.2 Å². The fourth-order valence-corrected chi connectivity index (χ4v) is 3.79. The van der Waals surface area contributed by atoms with Crippen LogP contribution in [0.3, 0.4) is 0 Å². The summed E-state index contributed by atoms with van der Waals surface area (Å²) in [6.07, 6.45) is 4.11. The molecule has 4 aromatic rings. The Labute approximate surface area is 186 Å². The van der Waals surface area contributed by atoms with Crippen LogP contribution in [-0.4, -0.2) is 33.7 Å². The number of methoxy groups -OCH3 is 1. The minimum Gasteiger partial charge on any atom is -0.385 e. The van der Waals surface area contributed by atoms with E-state index in [1.165, 1.54) is 0 Å². The molecule has 164 valence electrons. The highest BCUT2D eigenvalue weighted by atomic mass is 16.5. The average molecular weight is 431 g/mol. The van der Waals surface area contributed by atoms with Gasteiger partial charge in [0.25, 0.3) is 5.56 Å². The van der Waals surface area contributed by atoms with E-state index >= 15 is 0 Å². The molecule has 0 fully saturated rings. The smallest absolute Gasteiger partial charge is 0.277 e. The summed E-state index contributed by atoms with van der Waals surface area (Å²) < 4.78 is 8.37. The van der Waals surface area contributed by atoms with Crippen molar-refractivity contribution in [2.45, 2.75) is 26.4 Å². The summed E-state index contributed by atoms with van der Waals surface area (Å²) in [7, 11) is 1.63. The molecule has 2 aromatic heterocycles. The predicted molar refractivity (Wildman–Crippen MR) is 126 cm³/mol. The van der Waals surface area contributed by atoms with E-state index in [4.69, 9.17) is 4.74 Å². The molecule has 1 N–H and O–H groups in total. The number of hydrogen-bond donors (Lipinski definition) is 1. The molecule has 0 aliphatic carbocycles. The molecule has 32 heavy (non-hydrogen) atoms. The molecule has 0 aliphatic heterocycles. The summed E-state index contributed by atoms with van der Waals surface area (Å²) in [5.41, 5.74) is 4.39. The molecule has 7 nitrogen and oxygen atoms in total. The van der Waals surface area contributed by atoms with E-state index in [1.807, 2.05) is 67.7 Å². The highest BCUT2D eigenvalue weighted by Crippen LogP contribution is 2.27. The number of hydrogen-bond acceptors (Lipinski definition) is 4. The van der Waals surface area contributed by atoms with Gasteiger partial charge >= 0.3 is 0 Å². The van der Waals surface area contributed by atoms with Crippen molar-refractivity contribution in [1.82, 2.24) is 14.1 Å². The van der Waals surface area contributed by atoms with Crippen LogP contribution in [0.15, 0.2) is 71.9 Å². The second-order valence-corrected chi connectivity index (χ2v) is 7.74. The molecule has 2 heterocycles. The Kier molecular flexibility index (Phi) is 6.47. The lowest BCUT2D eigenvalue weighted by Gasteiger charge is -2.09. The maximum Gasteiger partial charge on any atom is 0.277 e. The second-order valence-electron chi connectivity index (χ2n) is 7.74. The third-order valence-corrected chi connectivity index (χ3v) is 5.29. The number of aromatic nitrogens is 3. The first-order valence-electron chi connectivity index (χ1n) is 10.6. The van der Waals surface area contributed by atoms with Gasteiger partial charge < -0.3 is 14.6 Å². The normalized spacial score (nSPS) is 11.1. The van der Waals surface area contributed by atoms with Crippen molar-refractivity contribution in [2.24, 2.45) is 0 Å². The van der Waals surface area contributed by atoms with Crippen LogP contribution in [0, 0.1) is 6.92 Å². The molecule has 0 spiro atoms. The van der Waals surface area contributed by atoms with Gasteiger partial charge in [0.2, 0.25) is 5.91 Å². The lowest BCUT2D eigenvalue weighted by atomic mass is 10.1. The molecule has 0 saturated heterocycles. The van der Waals surface area contributed by atoms with E-state index in [2.05, 4.69) is 10.3 Å². The van der Waals surface area contributed by atoms with Gasteiger partial charge in [0.15, 0.2) is 0 Å². The summed E-state index contributed by atoms with van der Waals surface area (Å²) in [5, 5.41) is 2.92. The summed E-state index contributed by atoms with van der Waals surface area (Å²) >= 11 is 0. The van der Waals surface area contributed by atoms with Gasteiger partial charge in [0.1, 0.15) is 17.6 Å². The number of nitrogens with zero attached hydrogens (tertiary/aromatic N) is 3. The van der Waals surface area contributed by atoms with Gasteiger partial charge in [-0.05, 0) is 36.6 Å². The first kappa shape index (κ1) is 21.5. The van der Waals surface area contributed by atoms with E-state index in [0.29, 0.717) is 30.6 Å². The van der Waals surface area contributed by atoms with Crippen LogP contribution in [-0.2, 0) is 22.6 Å². The highest BCUT2D eigenvalue weighted by Gasteiger charge is 2.18. The molecule has 0 saturated carbocycles. The Morgan fingerprint density at radius 2 is 1.91 bits per heavy atom. The van der Waals surface area contributed by atoms with Crippen LogP contribution >= 0.6 is 0 Å². The van der Waals surface area contributed by atoms with Crippen molar-refractivity contribution in [2.75, 3.05) is 19.0 Å². The van der Waals surface area contributed by atoms with E-state index in [9.17, 15) is 9.59 Å². The third-order valence-electron chi connectivity index (χ3n) is 5.29. The molecule has 1 amide bonds. The molecular formula is C25H26N4O3. The largest absolute Gasteiger partial charge is 0.385 e. The van der Waals surface area contributed by atoms with Crippen LogP contribution < -0.4 is 10.9 Å². The third kappa shape index (κ3) is 4.63. The number of ether oxygens (including phenoxy) is 1. The number of anilines is 1. The van der Waals surface area contributed by atoms with Crippen molar-refractivity contribution >= 4 is 22.6 Å². The molecule has 0 radical (unpaired) electrons. The fraction of sp³-hybridized carbons (Fsp3) is 0.240. The van der Waals surface area contributed by atoms with E-state index in [0.717, 1.165) is 22.4 Å². The predicted octanol–water partition coefficient (Wildman–Crippen LogP) is 3.85. The van der Waals surface area contributed by atoms with E-state index < -0.39 is 0 Å². The van der Waals surface area contributed by atoms with Gasteiger partial charge in [-0.3, -0.25) is 14.2 Å². The van der Waals surface area contributed by atoms with Gasteiger partial charge in [-0.2, -0.15) is 0 Å². The lowest BCUT2D eigenvalue weighted by Crippen LogP contribution is -2.25. The molecule has 4 rings (SSSR count). The van der Waals surface area contributed by atoms with Crippen LogP contribution in [0.4, 0.5) is 5.69 Å². The zero-order chi connectivity index (χ0) is 22.5. The zero-order valence-electron chi connectivity index (χ0n) is 18.2. The number of rotatable bonds is 8. The first-order valence-corrected chi connectivity index (χ1v) is 10.6. The number of benzene rings is 2. The van der Waals surface area contributed by atoms with Gasteiger partial charge in [0, 0.05) is 37.7 Å². The Balaban J connectivity index is 1.73. The van der Waals surface area contributed by atoms with Crippen LogP contribution in [0.2, 0.25) is 0 Å². The molecular weight excluding hydrogens is 404 g/mol. The SMILES string of the molecule is COCCCn1cnc2c(-c3ccccc3)cn(CC(=O)Nc3cccc(C)c3)c2c1=O.